The highest BCUT2D eigenvalue weighted by Gasteiger charge is 2.14. The van der Waals surface area contributed by atoms with Gasteiger partial charge in [0.1, 0.15) is 12.4 Å². The van der Waals surface area contributed by atoms with Crippen LogP contribution in [0.3, 0.4) is 0 Å². The van der Waals surface area contributed by atoms with E-state index >= 15 is 0 Å². The Balaban J connectivity index is 1.37. The number of aromatic nitrogens is 2. The van der Waals surface area contributed by atoms with Crippen LogP contribution < -0.4 is 10.1 Å². The SMILES string of the molecule is Cc1ccc(Cn2cc(Br)c(NC(=O)c3cc(COc4cccc(C)c4)cs3)n2)cc1. The normalized spacial score (nSPS) is 10.8. The predicted molar refractivity (Wildman–Crippen MR) is 128 cm³/mol. The van der Waals surface area contributed by atoms with Gasteiger partial charge in [-0.15, -0.1) is 11.3 Å². The van der Waals surface area contributed by atoms with Crippen molar-refractivity contribution < 1.29 is 9.53 Å². The molecule has 0 aliphatic rings. The number of aryl methyl sites for hydroxylation is 2. The maximum Gasteiger partial charge on any atom is 0.266 e. The zero-order chi connectivity index (χ0) is 21.8. The van der Waals surface area contributed by atoms with Gasteiger partial charge in [0.2, 0.25) is 0 Å². The van der Waals surface area contributed by atoms with Crippen molar-refractivity contribution in [2.75, 3.05) is 5.32 Å². The van der Waals surface area contributed by atoms with Gasteiger partial charge in [-0.05, 0) is 64.5 Å². The number of hydrogen-bond donors (Lipinski definition) is 1. The van der Waals surface area contributed by atoms with Crippen LogP contribution in [0.25, 0.3) is 0 Å². The molecule has 1 amide bonds. The van der Waals surface area contributed by atoms with Crippen LogP contribution in [0, 0.1) is 13.8 Å². The summed E-state index contributed by atoms with van der Waals surface area (Å²) >= 11 is 4.88. The second-order valence-corrected chi connectivity index (χ2v) is 9.15. The van der Waals surface area contributed by atoms with Crippen LogP contribution in [0.1, 0.15) is 31.9 Å². The number of carbonyl (C=O) groups is 1. The summed E-state index contributed by atoms with van der Waals surface area (Å²) < 4.78 is 8.37. The maximum absolute atomic E-state index is 12.7. The van der Waals surface area contributed by atoms with E-state index in [1.54, 1.807) is 4.68 Å². The first kappa shape index (κ1) is 21.3. The zero-order valence-corrected chi connectivity index (χ0v) is 19.7. The van der Waals surface area contributed by atoms with Crippen molar-refractivity contribution in [3.63, 3.8) is 0 Å². The smallest absolute Gasteiger partial charge is 0.266 e. The summed E-state index contributed by atoms with van der Waals surface area (Å²) in [5.74, 6) is 1.14. The Morgan fingerprint density at radius 2 is 1.90 bits per heavy atom. The summed E-state index contributed by atoms with van der Waals surface area (Å²) in [6.45, 7) is 5.14. The molecular formula is C24H22BrN3O2S. The number of benzene rings is 2. The van der Waals surface area contributed by atoms with Crippen molar-refractivity contribution in [2.24, 2.45) is 0 Å². The van der Waals surface area contributed by atoms with Crippen molar-refractivity contribution in [3.05, 3.63) is 97.8 Å². The molecule has 0 bridgehead atoms. The highest BCUT2D eigenvalue weighted by atomic mass is 79.9. The summed E-state index contributed by atoms with van der Waals surface area (Å²) in [5.41, 5.74) is 4.48. The van der Waals surface area contributed by atoms with Gasteiger partial charge >= 0.3 is 0 Å². The Morgan fingerprint density at radius 1 is 1.10 bits per heavy atom. The number of halogens is 1. The van der Waals surface area contributed by atoms with E-state index in [1.807, 2.05) is 48.8 Å². The molecule has 7 heteroatoms. The first-order valence-electron chi connectivity index (χ1n) is 9.83. The molecule has 0 fully saturated rings. The van der Waals surface area contributed by atoms with Crippen LogP contribution in [-0.2, 0) is 13.2 Å². The fourth-order valence-corrected chi connectivity index (χ4v) is 4.26. The van der Waals surface area contributed by atoms with Gasteiger partial charge in [-0.25, -0.2) is 0 Å². The van der Waals surface area contributed by atoms with Crippen LogP contribution in [0.2, 0.25) is 0 Å². The third-order valence-electron chi connectivity index (χ3n) is 4.69. The topological polar surface area (TPSA) is 56.2 Å². The van der Waals surface area contributed by atoms with Crippen LogP contribution in [0.15, 0.2) is 70.6 Å². The minimum Gasteiger partial charge on any atom is -0.489 e. The van der Waals surface area contributed by atoms with Crippen LogP contribution >= 0.6 is 27.3 Å². The summed E-state index contributed by atoms with van der Waals surface area (Å²) in [4.78, 5) is 13.3. The first-order chi connectivity index (χ1) is 15.0. The van der Waals surface area contributed by atoms with E-state index in [2.05, 4.69) is 57.5 Å². The van der Waals surface area contributed by atoms with Crippen LogP contribution in [0.5, 0.6) is 5.75 Å². The van der Waals surface area contributed by atoms with Gasteiger partial charge in [-0.1, -0.05) is 42.0 Å². The van der Waals surface area contributed by atoms with E-state index in [0.29, 0.717) is 23.8 Å². The molecule has 2 heterocycles. The average molecular weight is 496 g/mol. The largest absolute Gasteiger partial charge is 0.489 e. The lowest BCUT2D eigenvalue weighted by molar-refractivity contribution is 0.103. The van der Waals surface area contributed by atoms with E-state index in [-0.39, 0.29) is 5.91 Å². The fourth-order valence-electron chi connectivity index (χ4n) is 3.05. The number of nitrogens with one attached hydrogen (secondary N) is 1. The van der Waals surface area contributed by atoms with Crippen molar-refractivity contribution >= 4 is 39.0 Å². The quantitative estimate of drug-likeness (QED) is 0.331. The van der Waals surface area contributed by atoms with Gasteiger partial charge in [-0.3, -0.25) is 9.48 Å². The molecule has 4 rings (SSSR count). The molecule has 0 atom stereocenters. The summed E-state index contributed by atoms with van der Waals surface area (Å²) in [7, 11) is 0. The Labute approximate surface area is 193 Å². The molecule has 158 valence electrons. The van der Waals surface area contributed by atoms with Crippen LogP contribution in [0.4, 0.5) is 5.82 Å². The number of hydrogen-bond acceptors (Lipinski definition) is 4. The lowest BCUT2D eigenvalue weighted by Crippen LogP contribution is -2.11. The number of nitrogens with zero attached hydrogens (tertiary/aromatic N) is 2. The Morgan fingerprint density at radius 3 is 2.68 bits per heavy atom. The molecule has 0 saturated heterocycles. The Kier molecular flexibility index (Phi) is 6.53. The highest BCUT2D eigenvalue weighted by Crippen LogP contribution is 2.24. The summed E-state index contributed by atoms with van der Waals surface area (Å²) in [6.07, 6.45) is 1.87. The molecule has 0 unspecified atom stereocenters. The van der Waals surface area contributed by atoms with E-state index < -0.39 is 0 Å². The van der Waals surface area contributed by atoms with Gasteiger partial charge in [-0.2, -0.15) is 5.10 Å². The standard InChI is InChI=1S/C24H22BrN3O2S/c1-16-6-8-18(9-7-16)12-28-13-21(25)23(27-28)26-24(29)22-11-19(15-31-22)14-30-20-5-3-4-17(2)10-20/h3-11,13,15H,12,14H2,1-2H3,(H,26,27,29). The molecule has 0 saturated carbocycles. The summed E-state index contributed by atoms with van der Waals surface area (Å²) in [6, 6.07) is 18.1. The van der Waals surface area contributed by atoms with Gasteiger partial charge in [0.25, 0.3) is 5.91 Å². The molecule has 0 aliphatic heterocycles. The minimum atomic E-state index is -0.187. The maximum atomic E-state index is 12.7. The van der Waals surface area contributed by atoms with E-state index in [1.165, 1.54) is 16.9 Å². The molecule has 0 radical (unpaired) electrons. The van der Waals surface area contributed by atoms with Gasteiger partial charge in [0.15, 0.2) is 5.82 Å². The van der Waals surface area contributed by atoms with E-state index in [0.717, 1.165) is 26.9 Å². The number of anilines is 1. The number of thiophene rings is 1. The molecule has 31 heavy (non-hydrogen) atoms. The van der Waals surface area contributed by atoms with Crippen molar-refractivity contribution in [1.82, 2.24) is 9.78 Å². The van der Waals surface area contributed by atoms with Gasteiger partial charge in [0, 0.05) is 11.8 Å². The lowest BCUT2D eigenvalue weighted by atomic mass is 10.1. The van der Waals surface area contributed by atoms with Crippen molar-refractivity contribution in [2.45, 2.75) is 27.0 Å². The summed E-state index contributed by atoms with van der Waals surface area (Å²) in [5, 5.41) is 9.33. The minimum absolute atomic E-state index is 0.187. The monoisotopic (exact) mass is 495 g/mol. The molecule has 2 aromatic carbocycles. The molecule has 0 aliphatic carbocycles. The number of ether oxygens (including phenoxy) is 1. The van der Waals surface area contributed by atoms with E-state index in [4.69, 9.17) is 4.74 Å². The lowest BCUT2D eigenvalue weighted by Gasteiger charge is -2.05. The molecular weight excluding hydrogens is 474 g/mol. The van der Waals surface area contributed by atoms with Crippen molar-refractivity contribution in [3.8, 4) is 5.75 Å². The van der Waals surface area contributed by atoms with Crippen molar-refractivity contribution in [1.29, 1.82) is 0 Å². The fraction of sp³-hybridized carbons (Fsp3) is 0.167. The Bertz CT molecular complexity index is 1200. The average Bonchev–Trinajstić information content (AvgIpc) is 3.35. The molecule has 1 N–H and O–H groups in total. The number of amides is 1. The second-order valence-electron chi connectivity index (χ2n) is 7.39. The first-order valence-corrected chi connectivity index (χ1v) is 11.5. The zero-order valence-electron chi connectivity index (χ0n) is 17.3. The third kappa shape index (κ3) is 5.62. The molecule has 2 aromatic heterocycles. The second kappa shape index (κ2) is 9.49. The molecule has 5 nitrogen and oxygen atoms in total. The molecule has 0 spiro atoms. The van der Waals surface area contributed by atoms with Gasteiger partial charge < -0.3 is 10.1 Å². The molecule has 4 aromatic rings. The van der Waals surface area contributed by atoms with Crippen LogP contribution in [-0.4, -0.2) is 15.7 Å². The number of carbonyl (C=O) groups excluding carboxylic acids is 1. The van der Waals surface area contributed by atoms with Gasteiger partial charge in [0.05, 0.1) is 15.9 Å². The Hall–Kier alpha value is -2.90. The number of rotatable bonds is 7. The highest BCUT2D eigenvalue weighted by molar-refractivity contribution is 9.10. The van der Waals surface area contributed by atoms with E-state index in [9.17, 15) is 4.79 Å². The predicted octanol–water partition coefficient (Wildman–Crippen LogP) is 6.20. The third-order valence-corrected chi connectivity index (χ3v) is 6.24.